The van der Waals surface area contributed by atoms with E-state index in [2.05, 4.69) is 10.6 Å². The first-order valence-corrected chi connectivity index (χ1v) is 6.93. The van der Waals surface area contributed by atoms with E-state index in [9.17, 15) is 14.0 Å². The molecule has 0 fully saturated rings. The Morgan fingerprint density at radius 3 is 2.55 bits per heavy atom. The van der Waals surface area contributed by atoms with Crippen LogP contribution in [-0.2, 0) is 15.0 Å². The zero-order chi connectivity index (χ0) is 16.9. The molecule has 0 saturated heterocycles. The van der Waals surface area contributed by atoms with E-state index in [0.717, 1.165) is 6.07 Å². The lowest BCUT2D eigenvalue weighted by atomic mass is 9.82. The van der Waals surface area contributed by atoms with Crippen LogP contribution in [0, 0.1) is 17.1 Å². The van der Waals surface area contributed by atoms with Crippen LogP contribution in [0.2, 0.25) is 0 Å². The summed E-state index contributed by atoms with van der Waals surface area (Å²) in [5.41, 5.74) is -0.451. The molecule has 0 aliphatic rings. The van der Waals surface area contributed by atoms with Gasteiger partial charge in [0.2, 0.25) is 11.8 Å². The highest BCUT2D eigenvalue weighted by molar-refractivity contribution is 5.88. The molecular weight excluding hydrogens is 285 g/mol. The number of carbonyl (C=O) groups excluding carboxylic acids is 2. The molecule has 2 N–H and O–H groups in total. The summed E-state index contributed by atoms with van der Waals surface area (Å²) in [5, 5.41) is 14.1. The topological polar surface area (TPSA) is 82.0 Å². The lowest BCUT2D eigenvalue weighted by Crippen LogP contribution is -2.45. The van der Waals surface area contributed by atoms with Crippen LogP contribution in [0.1, 0.15) is 38.3 Å². The van der Waals surface area contributed by atoms with Gasteiger partial charge in [-0.1, -0.05) is 0 Å². The fraction of sp³-hybridized carbons (Fsp3) is 0.438. The maximum Gasteiger partial charge on any atom is 0.230 e. The number of rotatable bonds is 5. The van der Waals surface area contributed by atoms with Crippen molar-refractivity contribution in [1.29, 1.82) is 5.26 Å². The molecule has 1 aromatic rings. The number of amides is 2. The Kier molecular flexibility index (Phi) is 5.63. The van der Waals surface area contributed by atoms with E-state index in [1.807, 2.05) is 6.07 Å². The number of nitriles is 1. The van der Waals surface area contributed by atoms with E-state index in [0.29, 0.717) is 5.56 Å². The minimum Gasteiger partial charge on any atom is -0.359 e. The first-order chi connectivity index (χ1) is 10.2. The number of carbonyl (C=O) groups is 2. The third-order valence-electron chi connectivity index (χ3n) is 3.46. The Labute approximate surface area is 129 Å². The zero-order valence-corrected chi connectivity index (χ0v) is 13.2. The lowest BCUT2D eigenvalue weighted by Gasteiger charge is -2.26. The predicted octanol–water partition coefficient (Wildman–Crippen LogP) is 1.62. The van der Waals surface area contributed by atoms with E-state index in [4.69, 9.17) is 5.26 Å². The van der Waals surface area contributed by atoms with E-state index in [1.165, 1.54) is 19.2 Å². The molecule has 0 bridgehead atoms. The number of benzene rings is 1. The monoisotopic (exact) mass is 305 g/mol. The summed E-state index contributed by atoms with van der Waals surface area (Å²) in [6, 6.07) is 5.37. The number of nitrogens with one attached hydrogen (secondary N) is 2. The van der Waals surface area contributed by atoms with Gasteiger partial charge >= 0.3 is 0 Å². The fourth-order valence-electron chi connectivity index (χ4n) is 1.98. The Morgan fingerprint density at radius 1 is 1.36 bits per heavy atom. The molecule has 1 aromatic carbocycles. The van der Waals surface area contributed by atoms with Crippen LogP contribution in [0.15, 0.2) is 18.2 Å². The first-order valence-electron chi connectivity index (χ1n) is 6.93. The molecule has 1 rings (SSSR count). The highest BCUT2D eigenvalue weighted by Gasteiger charge is 2.31. The smallest absolute Gasteiger partial charge is 0.230 e. The van der Waals surface area contributed by atoms with Crippen LogP contribution in [-0.4, -0.2) is 24.9 Å². The van der Waals surface area contributed by atoms with Crippen LogP contribution < -0.4 is 10.6 Å². The Hall–Kier alpha value is -2.42. The Bertz CT molecular complexity index is 620. The molecule has 22 heavy (non-hydrogen) atoms. The van der Waals surface area contributed by atoms with Crippen molar-refractivity contribution in [3.8, 4) is 6.07 Å². The summed E-state index contributed by atoms with van der Waals surface area (Å²) in [7, 11) is 1.52. The van der Waals surface area contributed by atoms with Gasteiger partial charge in [0.05, 0.1) is 17.0 Å². The van der Waals surface area contributed by atoms with Gasteiger partial charge in [-0.3, -0.25) is 9.59 Å². The normalized spacial score (nSPS) is 12.2. The lowest BCUT2D eigenvalue weighted by molar-refractivity contribution is -0.126. The van der Waals surface area contributed by atoms with E-state index < -0.39 is 11.2 Å². The van der Waals surface area contributed by atoms with Gasteiger partial charge in [-0.15, -0.1) is 0 Å². The molecule has 2 amide bonds. The summed E-state index contributed by atoms with van der Waals surface area (Å²) < 4.78 is 13.6. The zero-order valence-electron chi connectivity index (χ0n) is 13.2. The second kappa shape index (κ2) is 7.03. The van der Waals surface area contributed by atoms with Crippen LogP contribution in [0.5, 0.6) is 0 Å². The van der Waals surface area contributed by atoms with Gasteiger partial charge in [-0.2, -0.15) is 5.26 Å². The van der Waals surface area contributed by atoms with Crippen LogP contribution in [0.25, 0.3) is 0 Å². The molecule has 6 heteroatoms. The molecule has 0 aliphatic carbocycles. The second-order valence-electron chi connectivity index (χ2n) is 5.72. The second-order valence-corrected chi connectivity index (χ2v) is 5.72. The summed E-state index contributed by atoms with van der Waals surface area (Å²) in [6.07, 6.45) is 0.158. The molecule has 0 heterocycles. The molecule has 0 radical (unpaired) electrons. The standard InChI is InChI=1S/C16H20FN3O2/c1-10(5-14(21)19-4)20-15(22)16(2,3)12-6-11(9-18)7-13(17)8-12/h6-8,10H,5H2,1-4H3,(H,19,21)(H,20,22)/t10-/m0/s1. The van der Waals surface area contributed by atoms with Crippen molar-refractivity contribution in [3.05, 3.63) is 35.1 Å². The number of halogens is 1. The van der Waals surface area contributed by atoms with Crippen LogP contribution in [0.3, 0.4) is 0 Å². The third-order valence-corrected chi connectivity index (χ3v) is 3.46. The van der Waals surface area contributed by atoms with E-state index in [-0.39, 0.29) is 29.8 Å². The van der Waals surface area contributed by atoms with Gasteiger partial charge in [0.15, 0.2) is 0 Å². The van der Waals surface area contributed by atoms with Gasteiger partial charge in [0.1, 0.15) is 5.82 Å². The van der Waals surface area contributed by atoms with Crippen LogP contribution >= 0.6 is 0 Å². The molecule has 0 spiro atoms. The maximum absolute atomic E-state index is 13.6. The van der Waals surface area contributed by atoms with Crippen molar-refractivity contribution in [2.75, 3.05) is 7.05 Å². The third kappa shape index (κ3) is 4.29. The molecule has 0 aliphatic heterocycles. The summed E-state index contributed by atoms with van der Waals surface area (Å²) in [5.74, 6) is -1.07. The Balaban J connectivity index is 2.94. The van der Waals surface area contributed by atoms with Crippen molar-refractivity contribution in [3.63, 3.8) is 0 Å². The van der Waals surface area contributed by atoms with Crippen LogP contribution in [0.4, 0.5) is 4.39 Å². The molecule has 0 aromatic heterocycles. The molecule has 0 saturated carbocycles. The van der Waals surface area contributed by atoms with Gasteiger partial charge in [-0.05, 0) is 44.5 Å². The van der Waals surface area contributed by atoms with Crippen molar-refractivity contribution < 1.29 is 14.0 Å². The maximum atomic E-state index is 13.6. The highest BCUT2D eigenvalue weighted by atomic mass is 19.1. The summed E-state index contributed by atoms with van der Waals surface area (Å²) in [6.45, 7) is 5.01. The molecule has 0 unspecified atom stereocenters. The number of hydrogen-bond donors (Lipinski definition) is 2. The van der Waals surface area contributed by atoms with Gasteiger partial charge in [0, 0.05) is 19.5 Å². The van der Waals surface area contributed by atoms with Gasteiger partial charge in [0.25, 0.3) is 0 Å². The molecular formula is C16H20FN3O2. The SMILES string of the molecule is CNC(=O)C[C@H](C)NC(=O)C(C)(C)c1cc(F)cc(C#N)c1. The summed E-state index contributed by atoms with van der Waals surface area (Å²) in [4.78, 5) is 23.7. The minimum absolute atomic E-state index is 0.158. The van der Waals surface area contributed by atoms with E-state index in [1.54, 1.807) is 20.8 Å². The average molecular weight is 305 g/mol. The quantitative estimate of drug-likeness (QED) is 0.867. The largest absolute Gasteiger partial charge is 0.359 e. The van der Waals surface area contributed by atoms with Gasteiger partial charge in [-0.25, -0.2) is 4.39 Å². The molecule has 118 valence electrons. The average Bonchev–Trinajstić information content (AvgIpc) is 2.45. The first kappa shape index (κ1) is 17.6. The number of nitrogens with zero attached hydrogens (tertiary/aromatic N) is 1. The fourth-order valence-corrected chi connectivity index (χ4v) is 1.98. The molecule has 5 nitrogen and oxygen atoms in total. The molecule has 1 atom stereocenters. The van der Waals surface area contributed by atoms with Crippen molar-refractivity contribution in [1.82, 2.24) is 10.6 Å². The van der Waals surface area contributed by atoms with Crippen molar-refractivity contribution in [2.45, 2.75) is 38.6 Å². The van der Waals surface area contributed by atoms with E-state index >= 15 is 0 Å². The highest BCUT2D eigenvalue weighted by Crippen LogP contribution is 2.25. The van der Waals surface area contributed by atoms with Crippen molar-refractivity contribution in [2.24, 2.45) is 0 Å². The summed E-state index contributed by atoms with van der Waals surface area (Å²) >= 11 is 0. The Morgan fingerprint density at radius 2 is 2.00 bits per heavy atom. The van der Waals surface area contributed by atoms with Gasteiger partial charge < -0.3 is 10.6 Å². The van der Waals surface area contributed by atoms with Crippen molar-refractivity contribution >= 4 is 11.8 Å². The minimum atomic E-state index is -1.02. The number of hydrogen-bond acceptors (Lipinski definition) is 3. The predicted molar refractivity (Wildman–Crippen MR) is 80.4 cm³/mol.